The molecule has 31 heavy (non-hydrogen) atoms. The molecule has 156 valence electrons. The van der Waals surface area contributed by atoms with Gasteiger partial charge in [-0.2, -0.15) is 0 Å². The normalized spacial score (nSPS) is 10.7. The summed E-state index contributed by atoms with van der Waals surface area (Å²) in [6.45, 7) is 1.99. The van der Waals surface area contributed by atoms with Crippen LogP contribution in [-0.4, -0.2) is 32.9 Å². The number of aryl methyl sites for hydroxylation is 1. The first-order valence-corrected chi connectivity index (χ1v) is 11.0. The van der Waals surface area contributed by atoms with Crippen molar-refractivity contribution in [2.45, 2.75) is 6.92 Å². The monoisotopic (exact) mass is 430 g/mol. The van der Waals surface area contributed by atoms with E-state index in [2.05, 4.69) is 15.6 Å². The predicted octanol–water partition coefficient (Wildman–Crippen LogP) is 4.64. The maximum atomic E-state index is 12.2. The molecule has 4 aromatic rings. The Bertz CT molecular complexity index is 1200. The second-order valence-electron chi connectivity index (χ2n) is 7.11. The van der Waals surface area contributed by atoms with E-state index in [0.717, 1.165) is 28.0 Å². The Kier molecular flexibility index (Phi) is 6.33. The maximum absolute atomic E-state index is 12.2. The number of anilines is 2. The Labute approximate surface area is 184 Å². The number of carbonyl (C=O) groups is 2. The molecular weight excluding hydrogens is 408 g/mol. The summed E-state index contributed by atoms with van der Waals surface area (Å²) in [6.07, 6.45) is 1.79. The molecule has 0 aliphatic carbocycles. The highest BCUT2D eigenvalue weighted by atomic mass is 32.2. The second-order valence-corrected chi connectivity index (χ2v) is 8.09. The van der Waals surface area contributed by atoms with Gasteiger partial charge in [0.1, 0.15) is 6.33 Å². The van der Waals surface area contributed by atoms with Crippen LogP contribution < -0.4 is 10.6 Å². The molecule has 4 rings (SSSR count). The van der Waals surface area contributed by atoms with Gasteiger partial charge in [0.25, 0.3) is 0 Å². The Morgan fingerprint density at radius 2 is 1.42 bits per heavy atom. The highest BCUT2D eigenvalue weighted by Gasteiger charge is 2.08. The third-order valence-electron chi connectivity index (χ3n) is 4.68. The lowest BCUT2D eigenvalue weighted by Crippen LogP contribution is -2.18. The van der Waals surface area contributed by atoms with Gasteiger partial charge in [0.15, 0.2) is 0 Å². The van der Waals surface area contributed by atoms with Gasteiger partial charge >= 0.3 is 0 Å². The Balaban J connectivity index is 1.26. The van der Waals surface area contributed by atoms with Crippen LogP contribution in [0.15, 0.2) is 79.1 Å². The number of nitrogens with zero attached hydrogens (tertiary/aromatic N) is 2. The molecule has 0 radical (unpaired) electrons. The largest absolute Gasteiger partial charge is 0.325 e. The number of hydrogen-bond acceptors (Lipinski definition) is 4. The number of fused-ring (bicyclic) bond motifs is 1. The Morgan fingerprint density at radius 1 is 0.839 bits per heavy atom. The molecule has 2 amide bonds. The van der Waals surface area contributed by atoms with Crippen LogP contribution >= 0.6 is 11.8 Å². The van der Waals surface area contributed by atoms with Crippen molar-refractivity contribution in [3.63, 3.8) is 0 Å². The van der Waals surface area contributed by atoms with E-state index < -0.39 is 0 Å². The standard InChI is InChI=1S/C24H22N4O2S/c1-17-6-8-18(9-7-17)26-23(29)14-31-15-24(30)27-19-10-12-20(13-11-19)28-16-25-21-4-2-3-5-22(21)28/h2-13,16H,14-15H2,1H3,(H,26,29)(H,27,30). The van der Waals surface area contributed by atoms with E-state index in [0.29, 0.717) is 5.69 Å². The summed E-state index contributed by atoms with van der Waals surface area (Å²) < 4.78 is 2.00. The van der Waals surface area contributed by atoms with Gasteiger partial charge in [-0.25, -0.2) is 4.98 Å². The molecule has 3 aromatic carbocycles. The fourth-order valence-electron chi connectivity index (χ4n) is 3.14. The van der Waals surface area contributed by atoms with Crippen LogP contribution in [0.3, 0.4) is 0 Å². The summed E-state index contributed by atoms with van der Waals surface area (Å²) in [5.41, 5.74) is 5.53. The molecule has 0 aliphatic rings. The Hall–Kier alpha value is -3.58. The minimum Gasteiger partial charge on any atom is -0.325 e. The highest BCUT2D eigenvalue weighted by molar-refractivity contribution is 8.00. The van der Waals surface area contributed by atoms with Gasteiger partial charge in [-0.05, 0) is 55.5 Å². The SMILES string of the molecule is Cc1ccc(NC(=O)CSCC(=O)Nc2ccc(-n3cnc4ccccc43)cc2)cc1. The smallest absolute Gasteiger partial charge is 0.234 e. The molecule has 2 N–H and O–H groups in total. The number of rotatable bonds is 7. The molecule has 1 aromatic heterocycles. The number of para-hydroxylation sites is 2. The van der Waals surface area contributed by atoms with E-state index in [1.165, 1.54) is 11.8 Å². The van der Waals surface area contributed by atoms with E-state index in [1.807, 2.05) is 84.3 Å². The van der Waals surface area contributed by atoms with Crippen molar-refractivity contribution in [1.82, 2.24) is 9.55 Å². The lowest BCUT2D eigenvalue weighted by molar-refractivity contribution is -0.114. The fourth-order valence-corrected chi connectivity index (χ4v) is 3.75. The van der Waals surface area contributed by atoms with Crippen LogP contribution in [0.4, 0.5) is 11.4 Å². The topological polar surface area (TPSA) is 76.0 Å². The summed E-state index contributed by atoms with van der Waals surface area (Å²) in [4.78, 5) is 28.6. The number of thioether (sulfide) groups is 1. The molecule has 0 aliphatic heterocycles. The number of carbonyl (C=O) groups excluding carboxylic acids is 2. The highest BCUT2D eigenvalue weighted by Crippen LogP contribution is 2.19. The quantitative estimate of drug-likeness (QED) is 0.448. The third kappa shape index (κ3) is 5.32. The molecule has 7 heteroatoms. The van der Waals surface area contributed by atoms with Gasteiger partial charge in [0, 0.05) is 17.1 Å². The van der Waals surface area contributed by atoms with Crippen molar-refractivity contribution in [2.75, 3.05) is 22.1 Å². The maximum Gasteiger partial charge on any atom is 0.234 e. The van der Waals surface area contributed by atoms with Gasteiger partial charge < -0.3 is 10.6 Å². The number of nitrogens with one attached hydrogen (secondary N) is 2. The van der Waals surface area contributed by atoms with Crippen molar-refractivity contribution < 1.29 is 9.59 Å². The van der Waals surface area contributed by atoms with Crippen molar-refractivity contribution in [2.24, 2.45) is 0 Å². The summed E-state index contributed by atoms with van der Waals surface area (Å²) in [7, 11) is 0. The molecule has 1 heterocycles. The van der Waals surface area contributed by atoms with Crippen molar-refractivity contribution in [3.05, 3.63) is 84.7 Å². The van der Waals surface area contributed by atoms with E-state index in [4.69, 9.17) is 0 Å². The van der Waals surface area contributed by atoms with Gasteiger partial charge in [-0.15, -0.1) is 11.8 Å². The first-order chi connectivity index (χ1) is 15.1. The van der Waals surface area contributed by atoms with Crippen LogP contribution in [0.2, 0.25) is 0 Å². The minimum atomic E-state index is -0.144. The van der Waals surface area contributed by atoms with Crippen molar-refractivity contribution in [1.29, 1.82) is 0 Å². The zero-order valence-corrected chi connectivity index (χ0v) is 17.9. The summed E-state index contributed by atoms with van der Waals surface area (Å²) >= 11 is 1.28. The van der Waals surface area contributed by atoms with Gasteiger partial charge in [-0.3, -0.25) is 14.2 Å². The van der Waals surface area contributed by atoms with Crippen LogP contribution in [-0.2, 0) is 9.59 Å². The summed E-state index contributed by atoms with van der Waals surface area (Å²) in [5, 5.41) is 5.69. The molecule has 0 bridgehead atoms. The lowest BCUT2D eigenvalue weighted by Gasteiger charge is -2.08. The van der Waals surface area contributed by atoms with E-state index >= 15 is 0 Å². The lowest BCUT2D eigenvalue weighted by atomic mass is 10.2. The zero-order valence-electron chi connectivity index (χ0n) is 17.0. The number of amides is 2. The number of hydrogen-bond donors (Lipinski definition) is 2. The molecule has 0 saturated carbocycles. The molecule has 0 atom stereocenters. The third-order valence-corrected chi connectivity index (χ3v) is 5.62. The first kappa shape index (κ1) is 20.7. The van der Waals surface area contributed by atoms with E-state index in [9.17, 15) is 9.59 Å². The first-order valence-electron chi connectivity index (χ1n) is 9.85. The van der Waals surface area contributed by atoms with Gasteiger partial charge in [0.2, 0.25) is 11.8 Å². The van der Waals surface area contributed by atoms with Crippen LogP contribution in [0.5, 0.6) is 0 Å². The fraction of sp³-hybridized carbons (Fsp3) is 0.125. The molecule has 6 nitrogen and oxygen atoms in total. The zero-order chi connectivity index (χ0) is 21.6. The van der Waals surface area contributed by atoms with Crippen molar-refractivity contribution in [3.8, 4) is 5.69 Å². The second kappa shape index (κ2) is 9.49. The van der Waals surface area contributed by atoms with Gasteiger partial charge in [-0.1, -0.05) is 29.8 Å². The Morgan fingerprint density at radius 3 is 2.06 bits per heavy atom. The molecule has 0 saturated heterocycles. The molecular formula is C24H22N4O2S. The van der Waals surface area contributed by atoms with Crippen molar-refractivity contribution >= 4 is 46.0 Å². The van der Waals surface area contributed by atoms with Crippen LogP contribution in [0.1, 0.15) is 5.56 Å². The average molecular weight is 431 g/mol. The van der Waals surface area contributed by atoms with Crippen LogP contribution in [0, 0.1) is 6.92 Å². The minimum absolute atomic E-state index is 0.126. The van der Waals surface area contributed by atoms with Gasteiger partial charge in [0.05, 0.1) is 22.5 Å². The number of aromatic nitrogens is 2. The molecule has 0 spiro atoms. The number of benzene rings is 3. The molecule has 0 unspecified atom stereocenters. The number of imidazole rings is 1. The van der Waals surface area contributed by atoms with E-state index in [1.54, 1.807) is 6.33 Å². The van der Waals surface area contributed by atoms with Crippen LogP contribution in [0.25, 0.3) is 16.7 Å². The average Bonchev–Trinajstić information content (AvgIpc) is 3.20. The molecule has 0 fully saturated rings. The predicted molar refractivity (Wildman–Crippen MR) is 127 cm³/mol. The summed E-state index contributed by atoms with van der Waals surface area (Å²) in [6, 6.07) is 23.1. The van der Waals surface area contributed by atoms with E-state index in [-0.39, 0.29) is 23.3 Å². The summed E-state index contributed by atoms with van der Waals surface area (Å²) in [5.74, 6) is 0.149.